The molecule has 3 aromatic rings. The maximum atomic E-state index is 11.3. The Morgan fingerprint density at radius 2 is 1.95 bits per heavy atom. The van der Waals surface area contributed by atoms with E-state index in [4.69, 9.17) is 4.74 Å². The zero-order chi connectivity index (χ0) is 14.8. The topological polar surface area (TPSA) is 39.2 Å². The molecule has 0 unspecified atom stereocenters. The number of aromatic nitrogens is 1. The number of aldehydes is 1. The Morgan fingerprint density at radius 3 is 2.76 bits per heavy atom. The van der Waals surface area contributed by atoms with Gasteiger partial charge in [-0.1, -0.05) is 40.2 Å². The number of ether oxygens (including phenoxy) is 1. The van der Waals surface area contributed by atoms with Gasteiger partial charge in [0.1, 0.15) is 5.75 Å². The molecule has 0 saturated carbocycles. The van der Waals surface area contributed by atoms with Gasteiger partial charge in [0.15, 0.2) is 6.29 Å². The van der Waals surface area contributed by atoms with E-state index in [1.165, 1.54) is 0 Å². The van der Waals surface area contributed by atoms with E-state index in [1.807, 2.05) is 49.4 Å². The molecular weight excluding hydrogens is 330 g/mol. The Labute approximate surface area is 130 Å². The van der Waals surface area contributed by atoms with Gasteiger partial charge in [-0.05, 0) is 36.8 Å². The summed E-state index contributed by atoms with van der Waals surface area (Å²) in [7, 11) is 0. The van der Waals surface area contributed by atoms with Crippen LogP contribution in [0.2, 0.25) is 0 Å². The van der Waals surface area contributed by atoms with Crippen molar-refractivity contribution in [2.75, 3.05) is 0 Å². The first kappa shape index (κ1) is 13.8. The minimum absolute atomic E-state index is 0.324. The predicted octanol–water partition coefficient (Wildman–Crippen LogP) is 4.91. The first-order valence-electron chi connectivity index (χ1n) is 6.46. The number of halogens is 1. The number of hydrogen-bond acceptors (Lipinski definition) is 3. The van der Waals surface area contributed by atoms with Crippen molar-refractivity contribution in [2.24, 2.45) is 0 Å². The van der Waals surface area contributed by atoms with Crippen LogP contribution in [0, 0.1) is 6.92 Å². The van der Waals surface area contributed by atoms with Gasteiger partial charge in [-0.25, -0.2) is 4.98 Å². The maximum Gasteiger partial charge on any atom is 0.230 e. The molecule has 3 rings (SSSR count). The van der Waals surface area contributed by atoms with Gasteiger partial charge in [0.25, 0.3) is 0 Å². The summed E-state index contributed by atoms with van der Waals surface area (Å²) in [5.74, 6) is 1.00. The van der Waals surface area contributed by atoms with Gasteiger partial charge in [0.05, 0.1) is 11.1 Å². The van der Waals surface area contributed by atoms with Crippen LogP contribution in [0.4, 0.5) is 0 Å². The van der Waals surface area contributed by atoms with E-state index in [1.54, 1.807) is 6.07 Å². The molecule has 4 heteroatoms. The summed E-state index contributed by atoms with van der Waals surface area (Å²) in [5, 5.41) is 0.915. The van der Waals surface area contributed by atoms with E-state index in [9.17, 15) is 4.79 Å². The van der Waals surface area contributed by atoms with Crippen molar-refractivity contribution >= 4 is 33.1 Å². The van der Waals surface area contributed by atoms with Crippen molar-refractivity contribution in [1.82, 2.24) is 4.98 Å². The Bertz CT molecular complexity index is 830. The summed E-state index contributed by atoms with van der Waals surface area (Å²) in [6.07, 6.45) is 0.766. The van der Waals surface area contributed by atoms with Crippen molar-refractivity contribution < 1.29 is 9.53 Å². The molecule has 0 atom stereocenters. The first-order valence-corrected chi connectivity index (χ1v) is 7.25. The number of nitrogens with zero attached hydrogens (tertiary/aromatic N) is 1. The predicted molar refractivity (Wildman–Crippen MR) is 86.1 cm³/mol. The minimum atomic E-state index is 0.324. The van der Waals surface area contributed by atoms with Crippen LogP contribution >= 0.6 is 15.9 Å². The molecule has 0 fully saturated rings. The third-order valence-electron chi connectivity index (χ3n) is 3.20. The Hall–Kier alpha value is -2.20. The lowest BCUT2D eigenvalue weighted by Crippen LogP contribution is -1.96. The quantitative estimate of drug-likeness (QED) is 0.635. The lowest BCUT2D eigenvalue weighted by molar-refractivity contribution is 0.112. The summed E-state index contributed by atoms with van der Waals surface area (Å²) < 4.78 is 6.76. The smallest absolute Gasteiger partial charge is 0.230 e. The fraction of sp³-hybridized carbons (Fsp3) is 0.0588. The van der Waals surface area contributed by atoms with Crippen molar-refractivity contribution in [3.63, 3.8) is 0 Å². The molecule has 0 spiro atoms. The Balaban J connectivity index is 2.10. The van der Waals surface area contributed by atoms with Crippen LogP contribution in [-0.2, 0) is 0 Å². The monoisotopic (exact) mass is 341 g/mol. The van der Waals surface area contributed by atoms with Crippen molar-refractivity contribution in [3.05, 3.63) is 64.1 Å². The minimum Gasteiger partial charge on any atom is -0.438 e. The third kappa shape index (κ3) is 2.81. The number of para-hydroxylation sites is 1. The zero-order valence-corrected chi connectivity index (χ0v) is 12.9. The molecule has 0 bridgehead atoms. The molecule has 0 amide bonds. The van der Waals surface area contributed by atoms with Crippen LogP contribution in [0.15, 0.2) is 53.0 Å². The maximum absolute atomic E-state index is 11.3. The number of fused-ring (bicyclic) bond motifs is 1. The molecule has 0 aliphatic heterocycles. The van der Waals surface area contributed by atoms with Crippen LogP contribution in [0.1, 0.15) is 15.9 Å². The van der Waals surface area contributed by atoms with E-state index in [0.717, 1.165) is 27.2 Å². The molecule has 0 aliphatic rings. The lowest BCUT2D eigenvalue weighted by Gasteiger charge is -2.11. The normalized spacial score (nSPS) is 10.6. The Kier molecular flexibility index (Phi) is 3.71. The van der Waals surface area contributed by atoms with Crippen LogP contribution in [0.5, 0.6) is 11.6 Å². The molecule has 1 aromatic heterocycles. The number of pyridine rings is 1. The number of benzene rings is 2. The standard InChI is InChI=1S/C17H12BrNO2/c1-11-6-7-14(18)9-16(11)21-17-13(10-20)8-12-4-2-3-5-15(12)19-17/h2-10H,1H3. The summed E-state index contributed by atoms with van der Waals surface area (Å²) in [6.45, 7) is 1.95. The molecule has 0 radical (unpaired) electrons. The van der Waals surface area contributed by atoms with Crippen molar-refractivity contribution in [1.29, 1.82) is 0 Å². The molecule has 1 heterocycles. The highest BCUT2D eigenvalue weighted by Crippen LogP contribution is 2.30. The summed E-state index contributed by atoms with van der Waals surface area (Å²) in [5.41, 5.74) is 2.21. The fourth-order valence-corrected chi connectivity index (χ4v) is 2.41. The lowest BCUT2D eigenvalue weighted by atomic mass is 10.1. The van der Waals surface area contributed by atoms with Gasteiger partial charge in [0.2, 0.25) is 5.88 Å². The zero-order valence-electron chi connectivity index (χ0n) is 11.3. The van der Waals surface area contributed by atoms with E-state index < -0.39 is 0 Å². The van der Waals surface area contributed by atoms with Crippen molar-refractivity contribution in [2.45, 2.75) is 6.92 Å². The van der Waals surface area contributed by atoms with Crippen LogP contribution < -0.4 is 4.74 Å². The number of carbonyl (C=O) groups excluding carboxylic acids is 1. The second-order valence-corrected chi connectivity index (χ2v) is 5.62. The van der Waals surface area contributed by atoms with Crippen LogP contribution in [0.3, 0.4) is 0 Å². The van der Waals surface area contributed by atoms with Gasteiger partial charge < -0.3 is 4.74 Å². The molecule has 0 N–H and O–H groups in total. The second kappa shape index (κ2) is 5.66. The molecular formula is C17H12BrNO2. The highest BCUT2D eigenvalue weighted by molar-refractivity contribution is 9.10. The molecule has 104 valence electrons. The highest BCUT2D eigenvalue weighted by Gasteiger charge is 2.10. The summed E-state index contributed by atoms with van der Waals surface area (Å²) in [6, 6.07) is 15.2. The van der Waals surface area contributed by atoms with Crippen LogP contribution in [0.25, 0.3) is 10.9 Å². The molecule has 0 aliphatic carbocycles. The number of carbonyl (C=O) groups is 1. The number of hydrogen-bond donors (Lipinski definition) is 0. The Morgan fingerprint density at radius 1 is 1.14 bits per heavy atom. The second-order valence-electron chi connectivity index (χ2n) is 4.71. The molecule has 2 aromatic carbocycles. The van der Waals surface area contributed by atoms with Gasteiger partial charge >= 0.3 is 0 Å². The first-order chi connectivity index (χ1) is 10.2. The highest BCUT2D eigenvalue weighted by atomic mass is 79.9. The number of rotatable bonds is 3. The summed E-state index contributed by atoms with van der Waals surface area (Å²) in [4.78, 5) is 15.7. The van der Waals surface area contributed by atoms with E-state index in [2.05, 4.69) is 20.9 Å². The van der Waals surface area contributed by atoms with E-state index in [0.29, 0.717) is 17.2 Å². The van der Waals surface area contributed by atoms with Gasteiger partial charge in [-0.2, -0.15) is 0 Å². The van der Waals surface area contributed by atoms with Crippen LogP contribution in [-0.4, -0.2) is 11.3 Å². The molecule has 3 nitrogen and oxygen atoms in total. The molecule has 21 heavy (non-hydrogen) atoms. The average molecular weight is 342 g/mol. The third-order valence-corrected chi connectivity index (χ3v) is 3.69. The van der Waals surface area contributed by atoms with Gasteiger partial charge in [0, 0.05) is 9.86 Å². The fourth-order valence-electron chi connectivity index (χ4n) is 2.07. The molecule has 0 saturated heterocycles. The largest absolute Gasteiger partial charge is 0.438 e. The van der Waals surface area contributed by atoms with Gasteiger partial charge in [-0.15, -0.1) is 0 Å². The van der Waals surface area contributed by atoms with Gasteiger partial charge in [-0.3, -0.25) is 4.79 Å². The van der Waals surface area contributed by atoms with E-state index in [-0.39, 0.29) is 0 Å². The summed E-state index contributed by atoms with van der Waals surface area (Å²) >= 11 is 3.42. The van der Waals surface area contributed by atoms with E-state index >= 15 is 0 Å². The SMILES string of the molecule is Cc1ccc(Br)cc1Oc1nc2ccccc2cc1C=O. The van der Waals surface area contributed by atoms with Crippen molar-refractivity contribution in [3.8, 4) is 11.6 Å². The number of aryl methyl sites for hydroxylation is 1. The average Bonchev–Trinajstić information content (AvgIpc) is 2.50.